The Morgan fingerprint density at radius 1 is 1.25 bits per heavy atom. The maximum Gasteiger partial charge on any atom is 0.215 e. The van der Waals surface area contributed by atoms with Gasteiger partial charge in [0.2, 0.25) is 10.0 Å². The highest BCUT2D eigenvalue weighted by Crippen LogP contribution is 2.22. The minimum atomic E-state index is -3.30. The lowest BCUT2D eigenvalue weighted by atomic mass is 10.0. The second kappa shape index (κ2) is 7.45. The highest BCUT2D eigenvalue weighted by atomic mass is 32.2. The molecule has 0 amide bonds. The highest BCUT2D eigenvalue weighted by Gasteiger charge is 2.17. The minimum absolute atomic E-state index is 0.0255. The van der Waals surface area contributed by atoms with Gasteiger partial charge in [-0.25, -0.2) is 13.1 Å². The summed E-state index contributed by atoms with van der Waals surface area (Å²) in [5, 5.41) is 9.07. The van der Waals surface area contributed by atoms with E-state index >= 15 is 0 Å². The van der Waals surface area contributed by atoms with E-state index in [1.54, 1.807) is 24.3 Å². The van der Waals surface area contributed by atoms with Crippen molar-refractivity contribution in [2.45, 2.75) is 25.2 Å². The van der Waals surface area contributed by atoms with E-state index in [4.69, 9.17) is 5.11 Å². The molecule has 2 rings (SSSR count). The van der Waals surface area contributed by atoms with Gasteiger partial charge in [0, 0.05) is 6.54 Å². The fourth-order valence-corrected chi connectivity index (χ4v) is 4.70. The summed E-state index contributed by atoms with van der Waals surface area (Å²) in [6, 6.07) is 7.06. The first-order valence-corrected chi connectivity index (χ1v) is 9.63. The van der Waals surface area contributed by atoms with Gasteiger partial charge in [0.25, 0.3) is 0 Å². The molecule has 20 heavy (non-hydrogen) atoms. The lowest BCUT2D eigenvalue weighted by Crippen LogP contribution is -2.31. The molecule has 0 radical (unpaired) electrons. The molecular formula is C14H21NO3S2. The molecule has 0 unspecified atom stereocenters. The zero-order valence-corrected chi connectivity index (χ0v) is 13.0. The van der Waals surface area contributed by atoms with Gasteiger partial charge in [-0.1, -0.05) is 24.3 Å². The molecule has 1 heterocycles. The monoisotopic (exact) mass is 315 g/mol. The molecule has 0 bridgehead atoms. The van der Waals surface area contributed by atoms with Gasteiger partial charge in [-0.2, -0.15) is 11.8 Å². The van der Waals surface area contributed by atoms with Crippen molar-refractivity contribution in [1.29, 1.82) is 0 Å². The third kappa shape index (κ3) is 5.09. The molecule has 0 saturated carbocycles. The van der Waals surface area contributed by atoms with Crippen LogP contribution in [0.25, 0.3) is 0 Å². The molecule has 4 nitrogen and oxygen atoms in total. The Hall–Kier alpha value is -0.560. The van der Waals surface area contributed by atoms with Gasteiger partial charge in [0.05, 0.1) is 12.4 Å². The van der Waals surface area contributed by atoms with Crippen molar-refractivity contribution in [2.24, 2.45) is 5.92 Å². The predicted molar refractivity (Wildman–Crippen MR) is 83.0 cm³/mol. The summed E-state index contributed by atoms with van der Waals surface area (Å²) in [7, 11) is -3.30. The Bertz CT molecular complexity index is 525. The molecule has 2 N–H and O–H groups in total. The molecule has 1 fully saturated rings. The van der Waals surface area contributed by atoms with E-state index in [9.17, 15) is 8.42 Å². The quantitative estimate of drug-likeness (QED) is 0.839. The fraction of sp³-hybridized carbons (Fsp3) is 0.571. The summed E-state index contributed by atoms with van der Waals surface area (Å²) in [5.74, 6) is 2.70. The number of hydrogen-bond donors (Lipinski definition) is 2. The third-order valence-corrected chi connectivity index (χ3v) is 5.83. The number of rotatable bonds is 6. The van der Waals surface area contributed by atoms with Gasteiger partial charge in [0.1, 0.15) is 0 Å². The predicted octanol–water partition coefficient (Wildman–Crippen LogP) is 1.74. The van der Waals surface area contributed by atoms with Crippen LogP contribution in [0.4, 0.5) is 0 Å². The van der Waals surface area contributed by atoms with Gasteiger partial charge < -0.3 is 5.11 Å². The number of nitrogens with one attached hydrogen (secondary N) is 1. The van der Waals surface area contributed by atoms with Crippen LogP contribution in [0.3, 0.4) is 0 Å². The summed E-state index contributed by atoms with van der Waals surface area (Å²) in [4.78, 5) is 0. The molecule has 1 aromatic carbocycles. The molecule has 1 aliphatic heterocycles. The smallest absolute Gasteiger partial charge is 0.215 e. The fourth-order valence-electron chi connectivity index (χ4n) is 2.28. The summed E-state index contributed by atoms with van der Waals surface area (Å²) in [6.07, 6.45) is 2.18. The van der Waals surface area contributed by atoms with E-state index in [2.05, 4.69) is 4.72 Å². The third-order valence-electron chi connectivity index (χ3n) is 3.46. The van der Waals surface area contributed by atoms with Crippen molar-refractivity contribution in [1.82, 2.24) is 4.72 Å². The van der Waals surface area contributed by atoms with Crippen LogP contribution in [0.2, 0.25) is 0 Å². The van der Waals surface area contributed by atoms with Gasteiger partial charge in [0.15, 0.2) is 0 Å². The van der Waals surface area contributed by atoms with Crippen molar-refractivity contribution < 1.29 is 13.5 Å². The topological polar surface area (TPSA) is 66.4 Å². The van der Waals surface area contributed by atoms with Gasteiger partial charge in [-0.05, 0) is 41.4 Å². The van der Waals surface area contributed by atoms with Crippen molar-refractivity contribution in [3.8, 4) is 0 Å². The Morgan fingerprint density at radius 2 is 1.95 bits per heavy atom. The Balaban J connectivity index is 1.89. The molecule has 0 aliphatic carbocycles. The number of aliphatic hydroxyl groups is 1. The number of thioether (sulfide) groups is 1. The van der Waals surface area contributed by atoms with E-state index in [0.29, 0.717) is 18.0 Å². The van der Waals surface area contributed by atoms with Crippen LogP contribution in [0.15, 0.2) is 24.3 Å². The van der Waals surface area contributed by atoms with Crippen molar-refractivity contribution in [2.75, 3.05) is 18.1 Å². The van der Waals surface area contributed by atoms with Gasteiger partial charge >= 0.3 is 0 Å². The van der Waals surface area contributed by atoms with Crippen LogP contribution < -0.4 is 4.72 Å². The molecule has 0 aromatic heterocycles. The van der Waals surface area contributed by atoms with E-state index in [0.717, 1.165) is 29.9 Å². The van der Waals surface area contributed by atoms with Crippen molar-refractivity contribution >= 4 is 21.8 Å². The van der Waals surface area contributed by atoms with Gasteiger partial charge in [-0.15, -0.1) is 0 Å². The number of benzene rings is 1. The Kier molecular flexibility index (Phi) is 5.89. The lowest BCUT2D eigenvalue weighted by Gasteiger charge is -2.21. The Labute approximate surface area is 125 Å². The first-order chi connectivity index (χ1) is 9.59. The zero-order chi connectivity index (χ0) is 14.4. The highest BCUT2D eigenvalue weighted by molar-refractivity contribution is 7.99. The van der Waals surface area contributed by atoms with E-state index in [1.807, 2.05) is 11.8 Å². The molecule has 6 heteroatoms. The second-order valence-electron chi connectivity index (χ2n) is 5.14. The normalized spacial score (nSPS) is 17.2. The first-order valence-electron chi connectivity index (χ1n) is 6.83. The minimum Gasteiger partial charge on any atom is -0.392 e. The van der Waals surface area contributed by atoms with Crippen LogP contribution in [-0.2, 0) is 22.4 Å². The molecule has 112 valence electrons. The van der Waals surface area contributed by atoms with Crippen molar-refractivity contribution in [3.63, 3.8) is 0 Å². The number of aliphatic hydroxyl groups excluding tert-OH is 1. The summed E-state index contributed by atoms with van der Waals surface area (Å²) < 4.78 is 26.8. The van der Waals surface area contributed by atoms with Crippen LogP contribution in [0, 0.1) is 5.92 Å². The molecule has 0 spiro atoms. The number of sulfonamides is 1. The van der Waals surface area contributed by atoms with Crippen LogP contribution in [-0.4, -0.2) is 31.6 Å². The van der Waals surface area contributed by atoms with E-state index < -0.39 is 10.0 Å². The summed E-state index contributed by atoms with van der Waals surface area (Å²) >= 11 is 1.94. The van der Waals surface area contributed by atoms with Crippen LogP contribution in [0.5, 0.6) is 0 Å². The van der Waals surface area contributed by atoms with Gasteiger partial charge in [-0.3, -0.25) is 0 Å². The molecular weight excluding hydrogens is 294 g/mol. The Morgan fingerprint density at radius 3 is 2.65 bits per heavy atom. The van der Waals surface area contributed by atoms with Crippen LogP contribution >= 0.6 is 11.8 Å². The maximum atomic E-state index is 12.1. The molecule has 1 aliphatic rings. The molecule has 1 aromatic rings. The average molecular weight is 315 g/mol. The van der Waals surface area contributed by atoms with E-state index in [1.165, 1.54) is 0 Å². The molecule has 0 atom stereocenters. The first kappa shape index (κ1) is 15.8. The average Bonchev–Trinajstić information content (AvgIpc) is 2.46. The number of hydrogen-bond acceptors (Lipinski definition) is 4. The summed E-state index contributed by atoms with van der Waals surface area (Å²) in [6.45, 7) is 0.476. The SMILES string of the molecule is O=S(=O)(Cc1cccc(CO)c1)NCC1CCSCC1. The van der Waals surface area contributed by atoms with E-state index in [-0.39, 0.29) is 12.4 Å². The maximum absolute atomic E-state index is 12.1. The largest absolute Gasteiger partial charge is 0.392 e. The molecule has 1 saturated heterocycles. The van der Waals surface area contributed by atoms with Crippen molar-refractivity contribution in [3.05, 3.63) is 35.4 Å². The standard InChI is InChI=1S/C14H21NO3S2/c16-10-13-2-1-3-14(8-13)11-20(17,18)15-9-12-4-6-19-7-5-12/h1-3,8,12,15-16H,4-7,9-11H2. The van der Waals surface area contributed by atoms with Crippen LogP contribution in [0.1, 0.15) is 24.0 Å². The second-order valence-corrected chi connectivity index (χ2v) is 8.17. The summed E-state index contributed by atoms with van der Waals surface area (Å²) in [5.41, 5.74) is 1.45. The zero-order valence-electron chi connectivity index (χ0n) is 11.4. The lowest BCUT2D eigenvalue weighted by molar-refractivity contribution is 0.282.